The van der Waals surface area contributed by atoms with Gasteiger partial charge in [0, 0.05) is 44.4 Å². The molecular weight excluding hydrogens is 366 g/mol. The molecule has 3 aliphatic rings. The molecule has 4 rings (SSSR count). The molecule has 1 aliphatic carbocycles. The van der Waals surface area contributed by atoms with Gasteiger partial charge in [-0.2, -0.15) is 0 Å². The van der Waals surface area contributed by atoms with Gasteiger partial charge >= 0.3 is 0 Å². The van der Waals surface area contributed by atoms with Gasteiger partial charge in [0.05, 0.1) is 5.92 Å². The second-order valence-corrected chi connectivity index (χ2v) is 8.39. The molecule has 0 spiro atoms. The summed E-state index contributed by atoms with van der Waals surface area (Å²) in [6.45, 7) is 2.75. The summed E-state index contributed by atoms with van der Waals surface area (Å²) in [7, 11) is 0. The molecule has 2 aliphatic heterocycles. The average molecular weight is 396 g/mol. The molecule has 154 valence electrons. The second kappa shape index (κ2) is 8.80. The number of hydrogen-bond acceptors (Lipinski definition) is 3. The molecule has 1 N–H and O–H groups in total. The Balaban J connectivity index is 1.30. The molecule has 29 heavy (non-hydrogen) atoms. The van der Waals surface area contributed by atoms with Crippen molar-refractivity contribution >= 4 is 29.5 Å². The topological polar surface area (TPSA) is 69.7 Å². The Morgan fingerprint density at radius 3 is 2.55 bits per heavy atom. The van der Waals surface area contributed by atoms with Crippen LogP contribution in [0.5, 0.6) is 0 Å². The fraction of sp³-hybridized carbons (Fsp3) is 0.522. The van der Waals surface area contributed by atoms with E-state index in [4.69, 9.17) is 0 Å². The van der Waals surface area contributed by atoms with E-state index >= 15 is 0 Å². The van der Waals surface area contributed by atoms with Gasteiger partial charge in [-0.15, -0.1) is 0 Å². The van der Waals surface area contributed by atoms with Crippen molar-refractivity contribution in [2.45, 2.75) is 38.5 Å². The van der Waals surface area contributed by atoms with Crippen LogP contribution in [0.25, 0.3) is 6.08 Å². The van der Waals surface area contributed by atoms with Crippen LogP contribution in [0.3, 0.4) is 0 Å². The summed E-state index contributed by atoms with van der Waals surface area (Å²) >= 11 is 0. The van der Waals surface area contributed by atoms with Crippen LogP contribution in [0.2, 0.25) is 0 Å². The number of carbonyl (C=O) groups is 3. The number of nitrogens with zero attached hydrogens (tertiary/aromatic N) is 2. The van der Waals surface area contributed by atoms with E-state index in [0.717, 1.165) is 43.6 Å². The van der Waals surface area contributed by atoms with E-state index in [1.54, 1.807) is 22.0 Å². The Kier molecular flexibility index (Phi) is 5.97. The standard InChI is InChI=1S/C23H29N3O3/c27-21(25-13-1-3-19(16-25)23(29)24-15-18-5-6-18)12-9-17-7-10-20(11-8-17)26-14-2-4-22(26)28/h7-12,18-19H,1-6,13-16H2,(H,24,29)/b12-9+. The summed E-state index contributed by atoms with van der Waals surface area (Å²) in [6, 6.07) is 7.70. The van der Waals surface area contributed by atoms with Crippen molar-refractivity contribution in [2.75, 3.05) is 31.1 Å². The summed E-state index contributed by atoms with van der Waals surface area (Å²) in [6.07, 6.45) is 9.05. The highest BCUT2D eigenvalue weighted by Crippen LogP contribution is 2.28. The zero-order chi connectivity index (χ0) is 20.2. The highest BCUT2D eigenvalue weighted by molar-refractivity contribution is 5.95. The second-order valence-electron chi connectivity index (χ2n) is 8.39. The number of anilines is 1. The van der Waals surface area contributed by atoms with Gasteiger partial charge in [-0.3, -0.25) is 14.4 Å². The molecule has 1 aromatic rings. The van der Waals surface area contributed by atoms with Gasteiger partial charge in [0.15, 0.2) is 0 Å². The van der Waals surface area contributed by atoms with E-state index in [0.29, 0.717) is 25.4 Å². The molecular formula is C23H29N3O3. The maximum Gasteiger partial charge on any atom is 0.246 e. The number of nitrogens with one attached hydrogen (secondary N) is 1. The highest BCUT2D eigenvalue weighted by atomic mass is 16.2. The Bertz CT molecular complexity index is 798. The lowest BCUT2D eigenvalue weighted by molar-refractivity contribution is -0.132. The molecule has 6 heteroatoms. The summed E-state index contributed by atoms with van der Waals surface area (Å²) in [5.74, 6) is 0.772. The third-order valence-electron chi connectivity index (χ3n) is 6.06. The maximum absolute atomic E-state index is 12.6. The largest absolute Gasteiger partial charge is 0.356 e. The summed E-state index contributed by atoms with van der Waals surface area (Å²) < 4.78 is 0. The SMILES string of the molecule is O=C(NCC1CC1)C1CCCN(C(=O)/C=C/c2ccc(N3CCCC3=O)cc2)C1. The Hall–Kier alpha value is -2.63. The number of rotatable bonds is 6. The number of carbonyl (C=O) groups excluding carboxylic acids is 3. The Morgan fingerprint density at radius 1 is 1.07 bits per heavy atom. The van der Waals surface area contributed by atoms with Crippen LogP contribution in [0.4, 0.5) is 5.69 Å². The minimum absolute atomic E-state index is 0.0523. The van der Waals surface area contributed by atoms with Crippen LogP contribution in [0.1, 0.15) is 44.1 Å². The predicted octanol–water partition coefficient (Wildman–Crippen LogP) is 2.59. The minimum atomic E-state index is -0.0999. The summed E-state index contributed by atoms with van der Waals surface area (Å²) in [4.78, 5) is 40.4. The van der Waals surface area contributed by atoms with E-state index in [1.165, 1.54) is 12.8 Å². The number of amides is 3. The Labute approximate surface area is 171 Å². The number of benzene rings is 1. The van der Waals surface area contributed by atoms with Crippen LogP contribution in [0, 0.1) is 11.8 Å². The Morgan fingerprint density at radius 2 is 1.86 bits per heavy atom. The summed E-state index contributed by atoms with van der Waals surface area (Å²) in [5, 5.41) is 3.04. The quantitative estimate of drug-likeness (QED) is 0.753. The highest BCUT2D eigenvalue weighted by Gasteiger charge is 2.29. The summed E-state index contributed by atoms with van der Waals surface area (Å²) in [5.41, 5.74) is 1.83. The molecule has 3 fully saturated rings. The smallest absolute Gasteiger partial charge is 0.246 e. The zero-order valence-electron chi connectivity index (χ0n) is 16.8. The lowest BCUT2D eigenvalue weighted by Gasteiger charge is -2.31. The minimum Gasteiger partial charge on any atom is -0.356 e. The van der Waals surface area contributed by atoms with Crippen LogP contribution in [-0.2, 0) is 14.4 Å². The van der Waals surface area contributed by atoms with Crippen molar-refractivity contribution in [3.63, 3.8) is 0 Å². The third-order valence-corrected chi connectivity index (χ3v) is 6.06. The molecule has 3 amide bonds. The molecule has 2 saturated heterocycles. The monoisotopic (exact) mass is 395 g/mol. The maximum atomic E-state index is 12.6. The molecule has 1 unspecified atom stereocenters. The van der Waals surface area contributed by atoms with Gasteiger partial charge in [-0.05, 0) is 61.8 Å². The molecule has 1 aromatic carbocycles. The molecule has 2 heterocycles. The van der Waals surface area contributed by atoms with E-state index in [2.05, 4.69) is 5.32 Å². The molecule has 0 bridgehead atoms. The zero-order valence-corrected chi connectivity index (χ0v) is 16.8. The fourth-order valence-electron chi connectivity index (χ4n) is 4.06. The van der Waals surface area contributed by atoms with E-state index < -0.39 is 0 Å². The van der Waals surface area contributed by atoms with Crippen LogP contribution in [0.15, 0.2) is 30.3 Å². The van der Waals surface area contributed by atoms with Crippen LogP contribution in [-0.4, -0.2) is 48.8 Å². The van der Waals surface area contributed by atoms with Crippen molar-refractivity contribution in [2.24, 2.45) is 11.8 Å². The van der Waals surface area contributed by atoms with Crippen molar-refractivity contribution in [1.82, 2.24) is 10.2 Å². The van der Waals surface area contributed by atoms with Crippen LogP contribution >= 0.6 is 0 Å². The van der Waals surface area contributed by atoms with Gasteiger partial charge in [0.1, 0.15) is 0 Å². The predicted molar refractivity (Wildman–Crippen MR) is 112 cm³/mol. The molecule has 0 radical (unpaired) electrons. The first-order chi connectivity index (χ1) is 14.1. The molecule has 1 atom stereocenters. The van der Waals surface area contributed by atoms with Gasteiger partial charge in [-0.25, -0.2) is 0 Å². The van der Waals surface area contributed by atoms with Gasteiger partial charge in [-0.1, -0.05) is 12.1 Å². The normalized spacial score (nSPS) is 22.3. The third kappa shape index (κ3) is 5.05. The number of hydrogen-bond donors (Lipinski definition) is 1. The van der Waals surface area contributed by atoms with E-state index in [-0.39, 0.29) is 23.6 Å². The number of piperidine rings is 1. The van der Waals surface area contributed by atoms with Gasteiger partial charge in [0.25, 0.3) is 0 Å². The molecule has 6 nitrogen and oxygen atoms in total. The number of likely N-dealkylation sites (tertiary alicyclic amines) is 1. The first-order valence-corrected chi connectivity index (χ1v) is 10.8. The van der Waals surface area contributed by atoms with Gasteiger partial charge in [0.2, 0.25) is 17.7 Å². The first-order valence-electron chi connectivity index (χ1n) is 10.8. The van der Waals surface area contributed by atoms with E-state index in [1.807, 2.05) is 24.3 Å². The van der Waals surface area contributed by atoms with E-state index in [9.17, 15) is 14.4 Å². The van der Waals surface area contributed by atoms with Gasteiger partial charge < -0.3 is 15.1 Å². The lowest BCUT2D eigenvalue weighted by Crippen LogP contribution is -2.45. The van der Waals surface area contributed by atoms with Crippen molar-refractivity contribution in [3.05, 3.63) is 35.9 Å². The van der Waals surface area contributed by atoms with Crippen molar-refractivity contribution in [3.8, 4) is 0 Å². The fourth-order valence-corrected chi connectivity index (χ4v) is 4.06. The molecule has 1 saturated carbocycles. The molecule has 0 aromatic heterocycles. The average Bonchev–Trinajstić information content (AvgIpc) is 3.49. The van der Waals surface area contributed by atoms with Crippen LogP contribution < -0.4 is 10.2 Å². The lowest BCUT2D eigenvalue weighted by atomic mass is 9.97. The first kappa shape index (κ1) is 19.7. The van der Waals surface area contributed by atoms with Crippen molar-refractivity contribution < 1.29 is 14.4 Å². The van der Waals surface area contributed by atoms with Crippen molar-refractivity contribution in [1.29, 1.82) is 0 Å².